The van der Waals surface area contributed by atoms with Crippen molar-refractivity contribution in [1.82, 2.24) is 19.5 Å². The van der Waals surface area contributed by atoms with Crippen molar-refractivity contribution in [1.29, 1.82) is 0 Å². The zero-order chi connectivity index (χ0) is 42.1. The summed E-state index contributed by atoms with van der Waals surface area (Å²) in [5.41, 5.74) is 5.70. The molecule has 4 nitrogen and oxygen atoms in total. The van der Waals surface area contributed by atoms with E-state index in [9.17, 15) is 2.74 Å². The molecule has 0 N–H and O–H groups in total. The van der Waals surface area contributed by atoms with Crippen LogP contribution in [0, 0.1) is 0 Å². The van der Waals surface area contributed by atoms with E-state index in [1.807, 2.05) is 146 Å². The molecule has 0 bridgehead atoms. The minimum Gasteiger partial charge on any atom is -0.308 e. The maximum atomic E-state index is 9.36. The van der Waals surface area contributed by atoms with Crippen LogP contribution in [0.25, 0.3) is 94.7 Å². The first-order chi connectivity index (χ1) is 29.6. The van der Waals surface area contributed by atoms with Crippen LogP contribution in [0.15, 0.2) is 194 Å². The van der Waals surface area contributed by atoms with Crippen LogP contribution >= 0.6 is 0 Å². The van der Waals surface area contributed by atoms with E-state index >= 15 is 0 Å². The van der Waals surface area contributed by atoms with Gasteiger partial charge < -0.3 is 4.57 Å². The second kappa shape index (κ2) is 12.9. The summed E-state index contributed by atoms with van der Waals surface area (Å²) in [6.07, 6.45) is 0. The Morgan fingerprint density at radius 2 is 0.868 bits per heavy atom. The van der Waals surface area contributed by atoms with Crippen LogP contribution in [0.5, 0.6) is 0 Å². The quantitative estimate of drug-likeness (QED) is 0.175. The molecular weight excluding hydrogens is 645 g/mol. The van der Waals surface area contributed by atoms with Crippen molar-refractivity contribution in [3.05, 3.63) is 194 Å². The number of fused-ring (bicyclic) bond motifs is 4. The van der Waals surface area contributed by atoms with Crippen molar-refractivity contribution in [3.8, 4) is 62.1 Å². The van der Waals surface area contributed by atoms with Gasteiger partial charge in [0.15, 0.2) is 17.5 Å². The molecule has 0 spiro atoms. The van der Waals surface area contributed by atoms with Crippen molar-refractivity contribution in [2.24, 2.45) is 0 Å². The molecule has 0 amide bonds. The van der Waals surface area contributed by atoms with Gasteiger partial charge >= 0.3 is 0 Å². The lowest BCUT2D eigenvalue weighted by molar-refractivity contribution is 1.06. The molecule has 0 unspecified atom stereocenters. The Morgan fingerprint density at radius 3 is 1.55 bits per heavy atom. The molecule has 0 aliphatic rings. The maximum absolute atomic E-state index is 9.36. The summed E-state index contributed by atoms with van der Waals surface area (Å²) in [7, 11) is 0. The monoisotopic (exact) mass is 684 g/mol. The number of para-hydroxylation sites is 3. The third-order valence-electron chi connectivity index (χ3n) is 9.51. The van der Waals surface area contributed by atoms with Crippen molar-refractivity contribution in [2.75, 3.05) is 0 Å². The lowest BCUT2D eigenvalue weighted by Gasteiger charge is -2.19. The Bertz CT molecular complexity index is 3310. The van der Waals surface area contributed by atoms with Crippen LogP contribution in [0.1, 0.15) is 11.0 Å². The van der Waals surface area contributed by atoms with Crippen LogP contribution in [-0.2, 0) is 0 Å². The lowest BCUT2D eigenvalue weighted by Crippen LogP contribution is -2.05. The summed E-state index contributed by atoms with van der Waals surface area (Å²) < 4.78 is 73.5. The van der Waals surface area contributed by atoms with Crippen LogP contribution in [0.2, 0.25) is 0 Å². The SMILES string of the molecule is [2H]c1c([2H])c([2H])c2c(c1[2H])c1c([2H])c([2H])c([2H])c([2H])c1n2-c1c(-c2ccc3ccccc3c2)cccc1-c1nc(-c2ccccc2)nc(-c2ccc(-c3ccccc3)cc2)n1. The van der Waals surface area contributed by atoms with Crippen molar-refractivity contribution >= 4 is 32.6 Å². The summed E-state index contributed by atoms with van der Waals surface area (Å²) in [6.45, 7) is 0. The number of rotatable bonds is 6. The highest BCUT2D eigenvalue weighted by atomic mass is 15.1. The van der Waals surface area contributed by atoms with E-state index in [0.29, 0.717) is 28.5 Å². The van der Waals surface area contributed by atoms with Gasteiger partial charge in [0, 0.05) is 33.0 Å². The number of hydrogen-bond acceptors (Lipinski definition) is 3. The molecule has 4 heteroatoms. The highest BCUT2D eigenvalue weighted by Gasteiger charge is 2.22. The molecular formula is C49H32N4. The van der Waals surface area contributed by atoms with Gasteiger partial charge in [-0.1, -0.05) is 170 Å². The van der Waals surface area contributed by atoms with Gasteiger partial charge in [0.2, 0.25) is 0 Å². The fraction of sp³-hybridized carbons (Fsp3) is 0. The van der Waals surface area contributed by atoms with Gasteiger partial charge in [0.05, 0.1) is 27.7 Å². The van der Waals surface area contributed by atoms with Gasteiger partial charge in [-0.2, -0.15) is 0 Å². The molecule has 0 radical (unpaired) electrons. The zero-order valence-electron chi connectivity index (χ0n) is 36.1. The number of hydrogen-bond donors (Lipinski definition) is 0. The smallest absolute Gasteiger partial charge is 0.166 e. The third-order valence-corrected chi connectivity index (χ3v) is 9.51. The van der Waals surface area contributed by atoms with Crippen molar-refractivity contribution in [2.45, 2.75) is 0 Å². The normalized spacial score (nSPS) is 13.5. The Balaban J connectivity index is 1.35. The second-order valence-electron chi connectivity index (χ2n) is 12.7. The van der Waals surface area contributed by atoms with E-state index in [2.05, 4.69) is 0 Å². The average Bonchev–Trinajstić information content (AvgIpc) is 3.67. The summed E-state index contributed by atoms with van der Waals surface area (Å²) in [5.74, 6) is 1.02. The third kappa shape index (κ3) is 5.45. The molecule has 10 rings (SSSR count). The minimum atomic E-state index is -0.514. The first kappa shape index (κ1) is 23.3. The molecule has 8 aromatic carbocycles. The van der Waals surface area contributed by atoms with Crippen LogP contribution in [0.4, 0.5) is 0 Å². The number of nitrogens with zero attached hydrogens (tertiary/aromatic N) is 4. The summed E-state index contributed by atoms with van der Waals surface area (Å²) in [4.78, 5) is 15.2. The summed E-state index contributed by atoms with van der Waals surface area (Å²) in [5, 5.41) is 1.92. The molecule has 0 fully saturated rings. The van der Waals surface area contributed by atoms with Gasteiger partial charge in [-0.15, -0.1) is 0 Å². The van der Waals surface area contributed by atoms with E-state index in [1.165, 1.54) is 0 Å². The highest BCUT2D eigenvalue weighted by Crippen LogP contribution is 2.41. The van der Waals surface area contributed by atoms with Gasteiger partial charge in [-0.05, 0) is 51.7 Å². The molecule has 0 aliphatic heterocycles. The van der Waals surface area contributed by atoms with Gasteiger partial charge in [0.1, 0.15) is 0 Å². The Kier molecular flexibility index (Phi) is 5.66. The Labute approximate surface area is 318 Å². The molecule has 10 aromatic rings. The van der Waals surface area contributed by atoms with Crippen LogP contribution < -0.4 is 0 Å². The summed E-state index contributed by atoms with van der Waals surface area (Å²) in [6, 6.07) is 43.4. The van der Waals surface area contributed by atoms with Crippen LogP contribution in [-0.4, -0.2) is 19.5 Å². The van der Waals surface area contributed by atoms with E-state index in [-0.39, 0.29) is 27.6 Å². The van der Waals surface area contributed by atoms with Crippen molar-refractivity contribution in [3.63, 3.8) is 0 Å². The standard InChI is InChI=1S/C49H32N4/c1-3-14-33(15-4-1)35-26-29-37(30-27-35)48-50-47(36-17-5-2-6-18-36)51-49(52-48)43-23-13-22-40(39-31-28-34-16-7-8-19-38(34)32-39)46(43)53-44-24-11-9-20-41(44)42-21-10-12-25-45(42)53/h1-32H/i9D,10D,11D,12D,20D,21D,24D,25D. The van der Waals surface area contributed by atoms with Crippen LogP contribution in [0.3, 0.4) is 0 Å². The van der Waals surface area contributed by atoms with E-state index in [4.69, 9.17) is 23.2 Å². The molecule has 0 atom stereocenters. The minimum absolute atomic E-state index is 0.00319. The predicted molar refractivity (Wildman–Crippen MR) is 219 cm³/mol. The van der Waals surface area contributed by atoms with Gasteiger partial charge in [0.25, 0.3) is 0 Å². The van der Waals surface area contributed by atoms with E-state index < -0.39 is 48.3 Å². The molecule has 248 valence electrons. The molecule has 2 heterocycles. The van der Waals surface area contributed by atoms with Gasteiger partial charge in [-0.25, -0.2) is 15.0 Å². The van der Waals surface area contributed by atoms with E-state index in [0.717, 1.165) is 38.6 Å². The molecule has 0 saturated heterocycles. The van der Waals surface area contributed by atoms with Gasteiger partial charge in [-0.3, -0.25) is 0 Å². The average molecular weight is 685 g/mol. The maximum Gasteiger partial charge on any atom is 0.166 e. The number of aromatic nitrogens is 4. The second-order valence-corrected chi connectivity index (χ2v) is 12.7. The Morgan fingerprint density at radius 1 is 0.377 bits per heavy atom. The zero-order valence-corrected chi connectivity index (χ0v) is 28.1. The number of benzene rings is 8. The lowest BCUT2D eigenvalue weighted by atomic mass is 9.96. The summed E-state index contributed by atoms with van der Waals surface area (Å²) >= 11 is 0. The molecule has 0 saturated carbocycles. The predicted octanol–water partition coefficient (Wildman–Crippen LogP) is 12.5. The molecule has 0 aliphatic carbocycles. The molecule has 53 heavy (non-hydrogen) atoms. The molecule has 2 aromatic heterocycles. The fourth-order valence-corrected chi connectivity index (χ4v) is 6.98. The topological polar surface area (TPSA) is 43.6 Å². The fourth-order valence-electron chi connectivity index (χ4n) is 6.98. The first-order valence-corrected chi connectivity index (χ1v) is 17.2. The largest absolute Gasteiger partial charge is 0.308 e. The van der Waals surface area contributed by atoms with E-state index in [1.54, 1.807) is 4.57 Å². The highest BCUT2D eigenvalue weighted by molar-refractivity contribution is 6.10. The van der Waals surface area contributed by atoms with Crippen molar-refractivity contribution < 1.29 is 11.0 Å². The first-order valence-electron chi connectivity index (χ1n) is 21.2. The Hall–Kier alpha value is -7.17.